The minimum absolute atomic E-state index is 0.0968. The number of hydrogen-bond donors (Lipinski definition) is 1. The molecule has 2 fully saturated rings. The first-order valence-corrected chi connectivity index (χ1v) is 15.4. The number of carbonyl (C=O) groups excluding carboxylic acids is 2. The minimum Gasteiger partial charge on any atom is -0.477 e. The highest BCUT2D eigenvalue weighted by Crippen LogP contribution is 2.36. The van der Waals surface area contributed by atoms with Gasteiger partial charge in [0.05, 0.1) is 34.7 Å². The maximum absolute atomic E-state index is 13.8. The maximum atomic E-state index is 13.8. The highest BCUT2D eigenvalue weighted by atomic mass is 35.5. The summed E-state index contributed by atoms with van der Waals surface area (Å²) in [6, 6.07) is 10.4. The van der Waals surface area contributed by atoms with Gasteiger partial charge in [0.25, 0.3) is 11.8 Å². The Morgan fingerprint density at radius 3 is 2.56 bits per heavy atom. The summed E-state index contributed by atoms with van der Waals surface area (Å²) in [5.41, 5.74) is 0.463. The predicted molar refractivity (Wildman–Crippen MR) is 166 cm³/mol. The number of pyridine rings is 2. The number of benzene rings is 1. The lowest BCUT2D eigenvalue weighted by Gasteiger charge is -2.43. The Hall–Kier alpha value is -3.90. The largest absolute Gasteiger partial charge is 0.477 e. The molecule has 2 saturated heterocycles. The van der Waals surface area contributed by atoms with Crippen LogP contribution in [0.5, 0.6) is 5.88 Å². The van der Waals surface area contributed by atoms with Crippen LogP contribution in [0.1, 0.15) is 53.1 Å². The summed E-state index contributed by atoms with van der Waals surface area (Å²) in [5, 5.41) is 2.94. The molecule has 2 aliphatic heterocycles. The zero-order valence-corrected chi connectivity index (χ0v) is 26.2. The smallest absolute Gasteiger partial charge is 0.417 e. The van der Waals surface area contributed by atoms with Gasteiger partial charge in [0.15, 0.2) is 5.69 Å². The van der Waals surface area contributed by atoms with Crippen molar-refractivity contribution >= 4 is 29.1 Å². The number of aromatic nitrogens is 2. The fourth-order valence-corrected chi connectivity index (χ4v) is 5.95. The van der Waals surface area contributed by atoms with Crippen molar-refractivity contribution in [2.75, 3.05) is 51.3 Å². The summed E-state index contributed by atoms with van der Waals surface area (Å²) >= 11 is 5.84. The molecule has 0 bridgehead atoms. The molecular weight excluding hydrogens is 609 g/mol. The summed E-state index contributed by atoms with van der Waals surface area (Å²) in [6.45, 7) is 6.27. The van der Waals surface area contributed by atoms with Gasteiger partial charge in [0.1, 0.15) is 0 Å². The summed E-state index contributed by atoms with van der Waals surface area (Å²) in [6.07, 6.45) is -1.55. The highest BCUT2D eigenvalue weighted by molar-refractivity contribution is 6.30. The van der Waals surface area contributed by atoms with E-state index in [0.717, 1.165) is 25.1 Å². The number of likely N-dealkylation sites (N-methyl/N-ethyl adjacent to an activating group) is 1. The third kappa shape index (κ3) is 7.01. The van der Waals surface area contributed by atoms with E-state index in [-0.39, 0.29) is 41.8 Å². The van der Waals surface area contributed by atoms with Gasteiger partial charge >= 0.3 is 6.18 Å². The number of ether oxygens (including phenoxy) is 1. The molecule has 13 heteroatoms. The van der Waals surface area contributed by atoms with E-state index in [4.69, 9.17) is 21.3 Å². The van der Waals surface area contributed by atoms with Crippen LogP contribution in [0.25, 0.3) is 11.3 Å². The topological polar surface area (TPSA) is 90.9 Å². The van der Waals surface area contributed by atoms with Gasteiger partial charge in [0.2, 0.25) is 5.88 Å². The van der Waals surface area contributed by atoms with Crippen LogP contribution in [0.3, 0.4) is 0 Å². The van der Waals surface area contributed by atoms with E-state index in [1.807, 2.05) is 37.9 Å². The number of halogens is 4. The Balaban J connectivity index is 1.45. The number of piperazine rings is 1. The molecule has 0 spiro atoms. The van der Waals surface area contributed by atoms with Crippen molar-refractivity contribution in [1.82, 2.24) is 25.1 Å². The van der Waals surface area contributed by atoms with Crippen LogP contribution < -0.4 is 15.0 Å². The van der Waals surface area contributed by atoms with Crippen molar-refractivity contribution in [1.29, 1.82) is 0 Å². The third-order valence-corrected chi connectivity index (χ3v) is 8.66. The van der Waals surface area contributed by atoms with Crippen LogP contribution in [-0.2, 0) is 6.18 Å². The molecular formula is C32H36ClF3N6O3. The van der Waals surface area contributed by atoms with E-state index in [1.54, 1.807) is 18.3 Å². The van der Waals surface area contributed by atoms with Gasteiger partial charge < -0.3 is 24.8 Å². The molecule has 2 atom stereocenters. The molecule has 3 aromatic rings. The molecule has 240 valence electrons. The van der Waals surface area contributed by atoms with Crippen molar-refractivity contribution in [3.63, 3.8) is 0 Å². The summed E-state index contributed by atoms with van der Waals surface area (Å²) in [5.74, 6) is -0.645. The second-order valence-electron chi connectivity index (χ2n) is 11.2. The third-order valence-electron chi connectivity index (χ3n) is 8.42. The summed E-state index contributed by atoms with van der Waals surface area (Å²) in [4.78, 5) is 41.9. The van der Waals surface area contributed by atoms with Crippen LogP contribution in [-0.4, -0.2) is 90.0 Å². The van der Waals surface area contributed by atoms with Gasteiger partial charge in [-0.1, -0.05) is 18.5 Å². The molecule has 2 amide bonds. The standard InChI is InChI=1S/C32H36ClF3N6O3/c1-4-21-19-41(31(44)23-9-8-20(33)17-25(23)32(34,35)36)15-16-42(21)27-11-10-26(24-7-6-13-37-30(24)45-5-2)39-28(27)29(43)38-18-22-12-14-40(22)3/h6-11,13,17,21-22H,4-5,12,14-16,18-19H2,1-3H3,(H,38,43)/t21-,22+/m1/s1. The second kappa shape index (κ2) is 13.6. The molecule has 5 rings (SSSR count). The van der Waals surface area contributed by atoms with E-state index < -0.39 is 23.2 Å². The van der Waals surface area contributed by atoms with E-state index in [0.29, 0.717) is 48.9 Å². The number of amides is 2. The quantitative estimate of drug-likeness (QED) is 0.334. The van der Waals surface area contributed by atoms with Crippen molar-refractivity contribution < 1.29 is 27.5 Å². The normalized spacial score (nSPS) is 18.8. The predicted octanol–water partition coefficient (Wildman–Crippen LogP) is 5.39. The van der Waals surface area contributed by atoms with Crippen LogP contribution in [0.15, 0.2) is 48.7 Å². The van der Waals surface area contributed by atoms with E-state index in [2.05, 4.69) is 15.2 Å². The number of anilines is 1. The SMILES string of the molecule is CCOc1ncccc1-c1ccc(N2CCN(C(=O)c3ccc(Cl)cc3C(F)(F)F)C[C@H]2CC)c(C(=O)NC[C@@H]2CCN2C)n1. The molecule has 2 aliphatic rings. The fourth-order valence-electron chi connectivity index (χ4n) is 5.77. The van der Waals surface area contributed by atoms with Crippen molar-refractivity contribution in [2.24, 2.45) is 0 Å². The van der Waals surface area contributed by atoms with E-state index >= 15 is 0 Å². The van der Waals surface area contributed by atoms with E-state index in [1.165, 1.54) is 11.0 Å². The zero-order chi connectivity index (χ0) is 32.3. The minimum atomic E-state index is -4.73. The Morgan fingerprint density at radius 2 is 1.89 bits per heavy atom. The lowest BCUT2D eigenvalue weighted by molar-refractivity contribution is -0.138. The number of alkyl halides is 3. The Morgan fingerprint density at radius 1 is 1.09 bits per heavy atom. The molecule has 1 aromatic carbocycles. The van der Waals surface area contributed by atoms with Crippen LogP contribution in [0.4, 0.5) is 18.9 Å². The van der Waals surface area contributed by atoms with Crippen LogP contribution >= 0.6 is 11.6 Å². The highest BCUT2D eigenvalue weighted by Gasteiger charge is 2.38. The fraction of sp³-hybridized carbons (Fsp3) is 0.438. The zero-order valence-electron chi connectivity index (χ0n) is 25.4. The van der Waals surface area contributed by atoms with Gasteiger partial charge in [-0.25, -0.2) is 9.97 Å². The maximum Gasteiger partial charge on any atom is 0.417 e. The van der Waals surface area contributed by atoms with Crippen LogP contribution in [0.2, 0.25) is 5.02 Å². The van der Waals surface area contributed by atoms with Gasteiger partial charge in [-0.05, 0) is 75.8 Å². The Kier molecular flexibility index (Phi) is 9.83. The Labute approximate surface area is 265 Å². The summed E-state index contributed by atoms with van der Waals surface area (Å²) in [7, 11) is 2.01. The Bertz CT molecular complexity index is 1550. The lowest BCUT2D eigenvalue weighted by atomic mass is 10.0. The molecule has 45 heavy (non-hydrogen) atoms. The number of hydrogen-bond acceptors (Lipinski definition) is 7. The molecule has 0 radical (unpaired) electrons. The summed E-state index contributed by atoms with van der Waals surface area (Å²) < 4.78 is 47.1. The molecule has 9 nitrogen and oxygen atoms in total. The average molecular weight is 645 g/mol. The van der Waals surface area contributed by atoms with Gasteiger partial charge in [-0.15, -0.1) is 0 Å². The molecule has 0 aliphatic carbocycles. The first-order valence-electron chi connectivity index (χ1n) is 15.0. The number of rotatable bonds is 9. The first-order chi connectivity index (χ1) is 21.5. The van der Waals surface area contributed by atoms with Gasteiger partial charge in [-0.3, -0.25) is 9.59 Å². The van der Waals surface area contributed by atoms with Crippen molar-refractivity contribution in [3.8, 4) is 17.1 Å². The molecule has 1 N–H and O–H groups in total. The van der Waals surface area contributed by atoms with Gasteiger partial charge in [0, 0.05) is 49.5 Å². The molecule has 4 heterocycles. The van der Waals surface area contributed by atoms with Crippen molar-refractivity contribution in [3.05, 3.63) is 70.5 Å². The molecule has 0 unspecified atom stereocenters. The van der Waals surface area contributed by atoms with Gasteiger partial charge in [-0.2, -0.15) is 13.2 Å². The van der Waals surface area contributed by atoms with Crippen molar-refractivity contribution in [2.45, 2.75) is 44.9 Å². The number of carbonyl (C=O) groups is 2. The van der Waals surface area contributed by atoms with Crippen LogP contribution in [0, 0.1) is 0 Å². The van der Waals surface area contributed by atoms with E-state index in [9.17, 15) is 22.8 Å². The number of nitrogens with zero attached hydrogens (tertiary/aromatic N) is 5. The number of nitrogens with one attached hydrogen (secondary N) is 1. The number of likely N-dealkylation sites (tertiary alicyclic amines) is 1. The monoisotopic (exact) mass is 644 g/mol. The second-order valence-corrected chi connectivity index (χ2v) is 11.6. The molecule has 0 saturated carbocycles. The first kappa shape index (κ1) is 32.5. The average Bonchev–Trinajstić information content (AvgIpc) is 3.03. The lowest BCUT2D eigenvalue weighted by Crippen LogP contribution is -2.55. The molecule has 2 aromatic heterocycles.